The zero-order valence-corrected chi connectivity index (χ0v) is 21.4. The maximum Gasteiger partial charge on any atom is 0.410 e. The summed E-state index contributed by atoms with van der Waals surface area (Å²) in [6.07, 6.45) is 9.40. The molecule has 9 nitrogen and oxygen atoms in total. The second-order valence-electron chi connectivity index (χ2n) is 11.3. The highest BCUT2D eigenvalue weighted by atomic mass is 32.2. The van der Waals surface area contributed by atoms with E-state index in [1.54, 1.807) is 9.58 Å². The topological polar surface area (TPSA) is 118 Å². The number of nitrogens with zero attached hydrogens (tertiary/aromatic N) is 5. The molecule has 3 aliphatic rings. The van der Waals surface area contributed by atoms with Crippen molar-refractivity contribution in [1.29, 1.82) is 5.26 Å². The standard InChI is InChI=1S/C24H37N5O4S/c1-23(2,3)33-22(30)28(15-18-9-13-34(31,32)14-10-18)21(19-7-5-4-6-8-19)20-16-29(27-26-20)24(17-25)11-12-24/h16,18-19,21H,4-15H2,1-3H3/t21-/m0/s1. The normalized spacial score (nSPS) is 23.6. The smallest absolute Gasteiger partial charge is 0.410 e. The monoisotopic (exact) mass is 491 g/mol. The third-order valence-corrected chi connectivity index (χ3v) is 9.09. The van der Waals surface area contributed by atoms with Gasteiger partial charge in [0.15, 0.2) is 5.54 Å². The Morgan fingerprint density at radius 1 is 1.24 bits per heavy atom. The van der Waals surface area contributed by atoms with Gasteiger partial charge in [-0.3, -0.25) is 4.90 Å². The summed E-state index contributed by atoms with van der Waals surface area (Å²) in [6.45, 7) is 5.99. The third-order valence-electron chi connectivity index (χ3n) is 7.37. The zero-order chi connectivity index (χ0) is 24.6. The van der Waals surface area contributed by atoms with Gasteiger partial charge in [-0.2, -0.15) is 5.26 Å². The van der Waals surface area contributed by atoms with Gasteiger partial charge >= 0.3 is 6.09 Å². The first-order valence-corrected chi connectivity index (χ1v) is 14.4. The van der Waals surface area contributed by atoms with E-state index in [0.717, 1.165) is 38.5 Å². The quantitative estimate of drug-likeness (QED) is 0.590. The fourth-order valence-corrected chi connectivity index (χ4v) is 6.85. The highest BCUT2D eigenvalue weighted by Gasteiger charge is 2.47. The molecule has 2 saturated carbocycles. The maximum absolute atomic E-state index is 13.6. The summed E-state index contributed by atoms with van der Waals surface area (Å²) < 4.78 is 31.5. The number of sulfone groups is 1. The van der Waals surface area contributed by atoms with Gasteiger partial charge in [0.25, 0.3) is 0 Å². The van der Waals surface area contributed by atoms with Crippen molar-refractivity contribution in [3.05, 3.63) is 11.9 Å². The minimum atomic E-state index is -2.99. The van der Waals surface area contributed by atoms with Gasteiger partial charge in [0, 0.05) is 6.54 Å². The maximum atomic E-state index is 13.6. The molecule has 1 aliphatic heterocycles. The van der Waals surface area contributed by atoms with Crippen molar-refractivity contribution in [2.45, 2.75) is 95.7 Å². The number of rotatable bonds is 6. The van der Waals surface area contributed by atoms with E-state index >= 15 is 0 Å². The number of hydrogen-bond acceptors (Lipinski definition) is 7. The number of aromatic nitrogens is 3. The lowest BCUT2D eigenvalue weighted by atomic mass is 9.81. The van der Waals surface area contributed by atoms with Crippen LogP contribution in [0.2, 0.25) is 0 Å². The zero-order valence-electron chi connectivity index (χ0n) is 20.6. The molecule has 1 amide bonds. The summed E-state index contributed by atoms with van der Waals surface area (Å²) in [6, 6.07) is 2.05. The van der Waals surface area contributed by atoms with E-state index in [1.807, 2.05) is 27.0 Å². The van der Waals surface area contributed by atoms with Crippen LogP contribution in [0, 0.1) is 23.2 Å². The van der Waals surface area contributed by atoms with Crippen LogP contribution in [0.15, 0.2) is 6.20 Å². The lowest BCUT2D eigenvalue weighted by Gasteiger charge is -2.40. The SMILES string of the molecule is CC(C)(C)OC(=O)N(CC1CCS(=O)(=O)CC1)[C@H](c1cn(C2(C#N)CC2)nn1)C1CCCCC1. The van der Waals surface area contributed by atoms with E-state index in [1.165, 1.54) is 6.42 Å². The number of carbonyl (C=O) groups excluding carboxylic acids is 1. The number of ether oxygens (including phenoxy) is 1. The van der Waals surface area contributed by atoms with Crippen molar-refractivity contribution in [1.82, 2.24) is 19.9 Å². The van der Waals surface area contributed by atoms with Gasteiger partial charge < -0.3 is 4.74 Å². The molecule has 0 spiro atoms. The van der Waals surface area contributed by atoms with Crippen LogP contribution >= 0.6 is 0 Å². The van der Waals surface area contributed by atoms with Crippen LogP contribution in [-0.2, 0) is 20.1 Å². The van der Waals surface area contributed by atoms with E-state index < -0.39 is 27.1 Å². The Balaban J connectivity index is 1.66. The average Bonchev–Trinajstić information content (AvgIpc) is 3.43. The Hall–Kier alpha value is -2.15. The van der Waals surface area contributed by atoms with E-state index in [0.29, 0.717) is 25.1 Å². The molecule has 2 heterocycles. The van der Waals surface area contributed by atoms with Crippen molar-refractivity contribution in [3.8, 4) is 6.07 Å². The van der Waals surface area contributed by atoms with Gasteiger partial charge in [-0.1, -0.05) is 24.5 Å². The highest BCUT2D eigenvalue weighted by Crippen LogP contribution is 2.44. The van der Waals surface area contributed by atoms with E-state index in [9.17, 15) is 18.5 Å². The molecule has 10 heteroatoms. The van der Waals surface area contributed by atoms with Crippen LogP contribution < -0.4 is 0 Å². The van der Waals surface area contributed by atoms with Crippen molar-refractivity contribution in [2.24, 2.45) is 11.8 Å². The Labute approximate surface area is 202 Å². The number of carbonyl (C=O) groups is 1. The summed E-state index contributed by atoms with van der Waals surface area (Å²) in [4.78, 5) is 15.4. The molecule has 0 bridgehead atoms. The van der Waals surface area contributed by atoms with E-state index in [2.05, 4.69) is 16.4 Å². The van der Waals surface area contributed by atoms with Gasteiger partial charge in [0.05, 0.1) is 29.8 Å². The van der Waals surface area contributed by atoms with E-state index in [-0.39, 0.29) is 29.4 Å². The third kappa shape index (κ3) is 5.73. The van der Waals surface area contributed by atoms with Crippen LogP contribution in [0.5, 0.6) is 0 Å². The van der Waals surface area contributed by atoms with Crippen molar-refractivity contribution in [2.75, 3.05) is 18.1 Å². The molecule has 0 radical (unpaired) electrons. The minimum absolute atomic E-state index is 0.0889. The molecule has 0 aromatic carbocycles. The molecule has 1 aromatic heterocycles. The summed E-state index contributed by atoms with van der Waals surface area (Å²) in [5.74, 6) is 0.630. The summed E-state index contributed by atoms with van der Waals surface area (Å²) in [5, 5.41) is 18.4. The molecule has 3 fully saturated rings. The molecular formula is C24H37N5O4S. The van der Waals surface area contributed by atoms with Crippen LogP contribution in [-0.4, -0.2) is 58.1 Å². The van der Waals surface area contributed by atoms with Gasteiger partial charge in [-0.15, -0.1) is 5.10 Å². The Morgan fingerprint density at radius 2 is 1.88 bits per heavy atom. The Morgan fingerprint density at radius 3 is 2.44 bits per heavy atom. The molecule has 2 aliphatic carbocycles. The first-order valence-electron chi connectivity index (χ1n) is 12.6. The lowest BCUT2D eigenvalue weighted by Crippen LogP contribution is -2.45. The predicted octanol–water partition coefficient (Wildman–Crippen LogP) is 3.97. The van der Waals surface area contributed by atoms with Gasteiger partial charge in [0.2, 0.25) is 0 Å². The molecule has 188 valence electrons. The predicted molar refractivity (Wildman–Crippen MR) is 126 cm³/mol. The molecule has 1 saturated heterocycles. The van der Waals surface area contributed by atoms with Crippen molar-refractivity contribution >= 4 is 15.9 Å². The lowest BCUT2D eigenvalue weighted by molar-refractivity contribution is 0.000685. The van der Waals surface area contributed by atoms with Crippen LogP contribution in [0.1, 0.15) is 90.3 Å². The summed E-state index contributed by atoms with van der Waals surface area (Å²) in [7, 11) is -2.99. The number of amides is 1. The molecule has 1 atom stereocenters. The molecular weight excluding hydrogens is 454 g/mol. The minimum Gasteiger partial charge on any atom is -0.444 e. The van der Waals surface area contributed by atoms with Gasteiger partial charge in [0.1, 0.15) is 21.1 Å². The van der Waals surface area contributed by atoms with Crippen LogP contribution in [0.4, 0.5) is 4.79 Å². The first-order chi connectivity index (χ1) is 16.0. The largest absolute Gasteiger partial charge is 0.444 e. The summed E-state index contributed by atoms with van der Waals surface area (Å²) >= 11 is 0. The number of hydrogen-bond donors (Lipinski definition) is 0. The van der Waals surface area contributed by atoms with E-state index in [4.69, 9.17) is 4.74 Å². The van der Waals surface area contributed by atoms with Crippen molar-refractivity contribution < 1.29 is 17.9 Å². The Bertz CT molecular complexity index is 1010. The van der Waals surface area contributed by atoms with Gasteiger partial charge in [-0.05, 0) is 71.1 Å². The molecule has 34 heavy (non-hydrogen) atoms. The average molecular weight is 492 g/mol. The second kappa shape index (κ2) is 9.48. The van der Waals surface area contributed by atoms with Crippen molar-refractivity contribution in [3.63, 3.8) is 0 Å². The molecule has 4 rings (SSSR count). The second-order valence-corrected chi connectivity index (χ2v) is 13.6. The fraction of sp³-hybridized carbons (Fsp3) is 0.833. The number of nitriles is 1. The van der Waals surface area contributed by atoms with Crippen LogP contribution in [0.3, 0.4) is 0 Å². The fourth-order valence-electron chi connectivity index (χ4n) is 5.26. The highest BCUT2D eigenvalue weighted by molar-refractivity contribution is 7.91. The first kappa shape index (κ1) is 25.0. The molecule has 1 aromatic rings. The van der Waals surface area contributed by atoms with Crippen LogP contribution in [0.25, 0.3) is 0 Å². The van der Waals surface area contributed by atoms with Gasteiger partial charge in [-0.25, -0.2) is 17.9 Å². The molecule has 0 unspecified atom stereocenters. The summed E-state index contributed by atoms with van der Waals surface area (Å²) in [5.41, 5.74) is -0.571. The molecule has 0 N–H and O–H groups in total. The Kier molecular flexibility index (Phi) is 6.96.